The highest BCUT2D eigenvalue weighted by Gasteiger charge is 2.28. The highest BCUT2D eigenvalue weighted by molar-refractivity contribution is 5.99. The largest absolute Gasteiger partial charge is 0.488 e. The maximum Gasteiger partial charge on any atom is 0.361 e. The summed E-state index contributed by atoms with van der Waals surface area (Å²) in [6.07, 6.45) is 2.90. The summed E-state index contributed by atoms with van der Waals surface area (Å²) in [5.41, 5.74) is 1.66. The molecule has 0 saturated carbocycles. The molecule has 15 nitrogen and oxygen atoms in total. The molecule has 226 valence electrons. The van der Waals surface area contributed by atoms with Gasteiger partial charge in [0.1, 0.15) is 6.61 Å². The molecule has 0 bridgehead atoms. The van der Waals surface area contributed by atoms with Crippen molar-refractivity contribution in [2.24, 2.45) is 0 Å². The Bertz CT molecular complexity index is 1450. The third-order valence-electron chi connectivity index (χ3n) is 6.47. The van der Waals surface area contributed by atoms with Crippen LogP contribution in [0, 0.1) is 0 Å². The van der Waals surface area contributed by atoms with E-state index in [9.17, 15) is 14.4 Å². The van der Waals surface area contributed by atoms with Crippen LogP contribution in [0.2, 0.25) is 0 Å². The average molecular weight is 593 g/mol. The number of ether oxygens (including phenoxy) is 4. The SMILES string of the molecule is CCOC(=O)c1nc(-c2cnc(NC(=O)Nc3ccc(N4CCOCC4=O)cc3)nc2)nc(N2CCOCC2)c1OCC. The Morgan fingerprint density at radius 2 is 1.65 bits per heavy atom. The minimum Gasteiger partial charge on any atom is -0.488 e. The zero-order valence-corrected chi connectivity index (χ0v) is 23.9. The van der Waals surface area contributed by atoms with Crippen LogP contribution in [0.5, 0.6) is 5.75 Å². The van der Waals surface area contributed by atoms with Crippen LogP contribution in [0.4, 0.5) is 27.9 Å². The molecule has 5 rings (SSSR count). The number of esters is 1. The first kappa shape index (κ1) is 29.6. The first-order valence-electron chi connectivity index (χ1n) is 13.9. The summed E-state index contributed by atoms with van der Waals surface area (Å²) in [5.74, 6) is 0.181. The van der Waals surface area contributed by atoms with Crippen molar-refractivity contribution in [1.82, 2.24) is 19.9 Å². The van der Waals surface area contributed by atoms with Crippen LogP contribution >= 0.6 is 0 Å². The van der Waals surface area contributed by atoms with Crippen molar-refractivity contribution in [1.29, 1.82) is 0 Å². The lowest BCUT2D eigenvalue weighted by atomic mass is 10.2. The van der Waals surface area contributed by atoms with Gasteiger partial charge >= 0.3 is 12.0 Å². The zero-order chi connectivity index (χ0) is 30.2. The molecule has 1 aromatic carbocycles. The third-order valence-corrected chi connectivity index (χ3v) is 6.47. The van der Waals surface area contributed by atoms with E-state index in [1.54, 1.807) is 36.1 Å². The van der Waals surface area contributed by atoms with Gasteiger partial charge in [-0.2, -0.15) is 0 Å². The van der Waals surface area contributed by atoms with Crippen molar-refractivity contribution in [2.45, 2.75) is 13.8 Å². The van der Waals surface area contributed by atoms with Gasteiger partial charge in [0.25, 0.3) is 5.91 Å². The number of morpholine rings is 2. The normalized spacial score (nSPS) is 15.2. The number of nitrogens with one attached hydrogen (secondary N) is 2. The van der Waals surface area contributed by atoms with Crippen LogP contribution < -0.4 is 25.2 Å². The van der Waals surface area contributed by atoms with Gasteiger partial charge in [-0.1, -0.05) is 0 Å². The van der Waals surface area contributed by atoms with E-state index in [0.29, 0.717) is 63.1 Å². The van der Waals surface area contributed by atoms with Crippen molar-refractivity contribution in [3.8, 4) is 17.1 Å². The third kappa shape index (κ3) is 7.13. The molecule has 43 heavy (non-hydrogen) atoms. The lowest BCUT2D eigenvalue weighted by Gasteiger charge is -2.29. The lowest BCUT2D eigenvalue weighted by Crippen LogP contribution is -2.41. The summed E-state index contributed by atoms with van der Waals surface area (Å²) in [5, 5.41) is 5.29. The Morgan fingerprint density at radius 3 is 2.33 bits per heavy atom. The van der Waals surface area contributed by atoms with Gasteiger partial charge in [-0.15, -0.1) is 0 Å². The monoisotopic (exact) mass is 592 g/mol. The minimum atomic E-state index is -0.635. The molecule has 0 radical (unpaired) electrons. The summed E-state index contributed by atoms with van der Waals surface area (Å²) in [6, 6.07) is 6.32. The predicted molar refractivity (Wildman–Crippen MR) is 155 cm³/mol. The second-order valence-corrected chi connectivity index (χ2v) is 9.32. The van der Waals surface area contributed by atoms with Gasteiger partial charge in [0.05, 0.1) is 38.6 Å². The van der Waals surface area contributed by atoms with Gasteiger partial charge in [0, 0.05) is 43.4 Å². The Balaban J connectivity index is 1.31. The molecule has 0 atom stereocenters. The minimum absolute atomic E-state index is 0.000718. The second kappa shape index (κ2) is 13.8. The number of aromatic nitrogens is 4. The maximum absolute atomic E-state index is 12.9. The number of rotatable bonds is 9. The highest BCUT2D eigenvalue weighted by atomic mass is 16.5. The molecule has 2 saturated heterocycles. The molecular formula is C28H32N8O7. The molecular weight excluding hydrogens is 560 g/mol. The number of urea groups is 1. The standard InChI is InChI=1S/C28H32N8O7/c1-3-42-23-22(26(38)43-4-2)32-24(33-25(23)35-9-12-40-13-10-35)18-15-29-27(30-16-18)34-28(39)31-19-5-7-20(8-6-19)36-11-14-41-17-21(36)37/h5-8,15-16H,3-4,9-14,17H2,1-2H3,(H2,29,30,31,34,39). The first-order valence-corrected chi connectivity index (χ1v) is 13.9. The number of hydrogen-bond acceptors (Lipinski definition) is 12. The van der Waals surface area contributed by atoms with E-state index in [4.69, 9.17) is 23.9 Å². The Labute approximate surface area is 247 Å². The maximum atomic E-state index is 12.9. The van der Waals surface area contributed by atoms with Crippen LogP contribution in [-0.4, -0.2) is 97.1 Å². The van der Waals surface area contributed by atoms with Crippen LogP contribution in [0.1, 0.15) is 24.3 Å². The van der Waals surface area contributed by atoms with Gasteiger partial charge in [-0.25, -0.2) is 29.5 Å². The molecule has 2 aromatic heterocycles. The number of amides is 3. The average Bonchev–Trinajstić information content (AvgIpc) is 3.03. The molecule has 15 heteroatoms. The van der Waals surface area contributed by atoms with Gasteiger partial charge in [0.15, 0.2) is 23.1 Å². The van der Waals surface area contributed by atoms with Gasteiger partial charge in [-0.3, -0.25) is 10.1 Å². The fourth-order valence-corrected chi connectivity index (χ4v) is 4.46. The second-order valence-electron chi connectivity index (χ2n) is 9.32. The molecule has 0 aliphatic carbocycles. The Morgan fingerprint density at radius 1 is 0.930 bits per heavy atom. The van der Waals surface area contributed by atoms with E-state index in [2.05, 4.69) is 25.6 Å². The van der Waals surface area contributed by atoms with Crippen LogP contribution in [-0.2, 0) is 19.0 Å². The number of anilines is 4. The van der Waals surface area contributed by atoms with Crippen LogP contribution in [0.15, 0.2) is 36.7 Å². The predicted octanol–water partition coefficient (Wildman–Crippen LogP) is 2.35. The topological polar surface area (TPSA) is 170 Å². The van der Waals surface area contributed by atoms with E-state index in [1.807, 2.05) is 11.8 Å². The molecule has 4 heterocycles. The van der Waals surface area contributed by atoms with Crippen molar-refractivity contribution >= 4 is 41.0 Å². The molecule has 2 aliphatic heterocycles. The fraction of sp³-hybridized carbons (Fsp3) is 0.393. The summed E-state index contributed by atoms with van der Waals surface area (Å²) in [4.78, 5) is 58.7. The first-order chi connectivity index (χ1) is 21.0. The number of carbonyl (C=O) groups excluding carboxylic acids is 3. The van der Waals surface area contributed by atoms with Gasteiger partial charge < -0.3 is 34.1 Å². The highest BCUT2D eigenvalue weighted by Crippen LogP contribution is 2.33. The molecule has 0 spiro atoms. The van der Waals surface area contributed by atoms with Gasteiger partial charge in [0.2, 0.25) is 5.95 Å². The molecule has 0 unspecified atom stereocenters. The van der Waals surface area contributed by atoms with Crippen molar-refractivity contribution in [3.05, 3.63) is 42.4 Å². The summed E-state index contributed by atoms with van der Waals surface area (Å²) in [7, 11) is 0. The molecule has 2 aliphatic rings. The Kier molecular flexibility index (Phi) is 9.53. The van der Waals surface area contributed by atoms with E-state index in [-0.39, 0.29) is 42.3 Å². The van der Waals surface area contributed by atoms with Crippen molar-refractivity contribution < 1.29 is 33.3 Å². The smallest absolute Gasteiger partial charge is 0.361 e. The molecule has 2 N–H and O–H groups in total. The molecule has 3 aromatic rings. The fourth-order valence-electron chi connectivity index (χ4n) is 4.46. The molecule has 3 amide bonds. The number of carbonyl (C=O) groups is 3. The number of benzene rings is 1. The van der Waals surface area contributed by atoms with Crippen LogP contribution in [0.25, 0.3) is 11.4 Å². The van der Waals surface area contributed by atoms with E-state index in [1.165, 1.54) is 12.4 Å². The van der Waals surface area contributed by atoms with E-state index in [0.717, 1.165) is 5.69 Å². The Hall–Kier alpha value is -4.89. The van der Waals surface area contributed by atoms with Crippen molar-refractivity contribution in [2.75, 3.05) is 79.7 Å². The summed E-state index contributed by atoms with van der Waals surface area (Å²) < 4.78 is 21.7. The summed E-state index contributed by atoms with van der Waals surface area (Å²) in [6.45, 7) is 7.10. The number of hydrogen-bond donors (Lipinski definition) is 2. The quantitative estimate of drug-likeness (QED) is 0.348. The van der Waals surface area contributed by atoms with Crippen LogP contribution in [0.3, 0.4) is 0 Å². The van der Waals surface area contributed by atoms with Gasteiger partial charge in [-0.05, 0) is 38.1 Å². The van der Waals surface area contributed by atoms with E-state index < -0.39 is 12.0 Å². The number of nitrogens with zero attached hydrogens (tertiary/aromatic N) is 6. The van der Waals surface area contributed by atoms with E-state index >= 15 is 0 Å². The zero-order valence-electron chi connectivity index (χ0n) is 23.9. The van der Waals surface area contributed by atoms with Crippen molar-refractivity contribution in [3.63, 3.8) is 0 Å². The molecule has 2 fully saturated rings. The summed E-state index contributed by atoms with van der Waals surface area (Å²) >= 11 is 0. The lowest BCUT2D eigenvalue weighted by molar-refractivity contribution is -0.125.